The normalized spacial score (nSPS) is 18.8. The molecule has 1 aliphatic carbocycles. The summed E-state index contributed by atoms with van der Waals surface area (Å²) in [5.74, 6) is -0.655. The number of fused-ring (bicyclic) bond motifs is 1. The van der Waals surface area contributed by atoms with E-state index < -0.39 is 5.97 Å². The van der Waals surface area contributed by atoms with Crippen LogP contribution in [0.5, 0.6) is 0 Å². The monoisotopic (exact) mass is 502 g/mol. The molecule has 1 aliphatic rings. The average molecular weight is 504 g/mol. The van der Waals surface area contributed by atoms with E-state index in [0.29, 0.717) is 17.1 Å². The van der Waals surface area contributed by atoms with E-state index in [4.69, 9.17) is 16.7 Å². The lowest BCUT2D eigenvalue weighted by molar-refractivity contribution is -0.138. The number of amides is 1. The van der Waals surface area contributed by atoms with Crippen molar-refractivity contribution in [1.82, 2.24) is 9.88 Å². The number of hydrogen-bond donors (Lipinski definition) is 2. The third-order valence-electron chi connectivity index (χ3n) is 6.03. The van der Waals surface area contributed by atoms with E-state index in [1.165, 1.54) is 0 Å². The molecule has 1 aromatic heterocycles. The van der Waals surface area contributed by atoms with Crippen molar-refractivity contribution in [3.05, 3.63) is 69.3 Å². The highest BCUT2D eigenvalue weighted by atomic mass is 79.9. The van der Waals surface area contributed by atoms with Gasteiger partial charge < -0.3 is 15.0 Å². The number of carbonyl (C=O) groups excluding carboxylic acids is 1. The highest BCUT2D eigenvalue weighted by Gasteiger charge is 2.25. The van der Waals surface area contributed by atoms with Gasteiger partial charge in [0.15, 0.2) is 0 Å². The van der Waals surface area contributed by atoms with E-state index >= 15 is 0 Å². The zero-order valence-corrected chi connectivity index (χ0v) is 19.3. The third kappa shape index (κ3) is 5.13. The summed E-state index contributed by atoms with van der Waals surface area (Å²) in [4.78, 5) is 24.1. The van der Waals surface area contributed by atoms with Gasteiger partial charge in [-0.1, -0.05) is 39.7 Å². The van der Waals surface area contributed by atoms with Crippen molar-refractivity contribution in [2.45, 2.75) is 44.7 Å². The van der Waals surface area contributed by atoms with E-state index in [-0.39, 0.29) is 24.3 Å². The Labute approximate surface area is 194 Å². The molecule has 0 spiro atoms. The summed E-state index contributed by atoms with van der Waals surface area (Å²) in [6.45, 7) is 0.637. The molecule has 1 saturated carbocycles. The Kier molecular flexibility index (Phi) is 6.68. The van der Waals surface area contributed by atoms with Gasteiger partial charge in [0.05, 0.1) is 11.1 Å². The van der Waals surface area contributed by atoms with Gasteiger partial charge in [-0.15, -0.1) is 0 Å². The molecular formula is C24H24BrClN2O3. The number of aromatic nitrogens is 1. The molecule has 31 heavy (non-hydrogen) atoms. The van der Waals surface area contributed by atoms with Gasteiger partial charge in [-0.3, -0.25) is 9.59 Å². The Bertz CT molecular complexity index is 1100. The summed E-state index contributed by atoms with van der Waals surface area (Å²) in [7, 11) is 0. The fourth-order valence-electron chi connectivity index (χ4n) is 4.41. The summed E-state index contributed by atoms with van der Waals surface area (Å²) in [5, 5.41) is 13.6. The van der Waals surface area contributed by atoms with Crippen molar-refractivity contribution < 1.29 is 14.7 Å². The van der Waals surface area contributed by atoms with Crippen molar-refractivity contribution in [3.63, 3.8) is 0 Å². The van der Waals surface area contributed by atoms with Crippen LogP contribution in [0, 0.1) is 5.92 Å². The van der Waals surface area contributed by atoms with Crippen LogP contribution in [-0.4, -0.2) is 27.6 Å². The number of nitrogens with one attached hydrogen (secondary N) is 1. The first-order valence-electron chi connectivity index (χ1n) is 10.4. The molecule has 1 amide bonds. The van der Waals surface area contributed by atoms with E-state index in [0.717, 1.165) is 46.6 Å². The molecule has 7 heteroatoms. The molecular weight excluding hydrogens is 480 g/mol. The number of halogens is 2. The van der Waals surface area contributed by atoms with Gasteiger partial charge in [0, 0.05) is 40.1 Å². The van der Waals surface area contributed by atoms with Crippen molar-refractivity contribution in [1.29, 1.82) is 0 Å². The van der Waals surface area contributed by atoms with Gasteiger partial charge in [-0.05, 0) is 67.5 Å². The van der Waals surface area contributed by atoms with Crippen LogP contribution in [0.15, 0.2) is 53.1 Å². The van der Waals surface area contributed by atoms with Gasteiger partial charge >= 0.3 is 5.97 Å². The van der Waals surface area contributed by atoms with Crippen LogP contribution in [-0.2, 0) is 11.3 Å². The number of benzene rings is 2. The summed E-state index contributed by atoms with van der Waals surface area (Å²) in [6, 6.07) is 13.7. The Hall–Kier alpha value is -2.31. The van der Waals surface area contributed by atoms with Gasteiger partial charge in [0.1, 0.15) is 0 Å². The molecule has 162 valence electrons. The van der Waals surface area contributed by atoms with E-state index in [2.05, 4.69) is 37.9 Å². The molecule has 0 atom stereocenters. The fraction of sp³-hybridized carbons (Fsp3) is 0.333. The van der Waals surface area contributed by atoms with Crippen molar-refractivity contribution in [3.8, 4) is 0 Å². The molecule has 0 bridgehead atoms. The molecule has 3 aromatic rings. The maximum absolute atomic E-state index is 13.2. The van der Waals surface area contributed by atoms with Crippen LogP contribution >= 0.6 is 27.5 Å². The number of nitrogens with zero attached hydrogens (tertiary/aromatic N) is 1. The van der Waals surface area contributed by atoms with Crippen LogP contribution in [0.4, 0.5) is 0 Å². The van der Waals surface area contributed by atoms with Gasteiger partial charge in [0.2, 0.25) is 0 Å². The quantitative estimate of drug-likeness (QED) is 0.442. The maximum atomic E-state index is 13.2. The fourth-order valence-corrected chi connectivity index (χ4v) is 4.89. The standard InChI is InChI=1S/C24H24BrClN2O3/c25-17-5-1-16(2-6-17)14-28-12-11-19-21(26)10-9-20(23(19)28)24(31)27-18-7-3-15(4-8-18)13-22(29)30/h1-2,5-6,9-12,15,18H,3-4,7-8,13-14H2,(H,27,31)(H,29,30). The van der Waals surface area contributed by atoms with Gasteiger partial charge in [0.25, 0.3) is 5.91 Å². The number of carboxylic acid groups (broad SMARTS) is 1. The topological polar surface area (TPSA) is 71.3 Å². The largest absolute Gasteiger partial charge is 0.481 e. The smallest absolute Gasteiger partial charge is 0.303 e. The molecule has 0 aliphatic heterocycles. The zero-order chi connectivity index (χ0) is 22.0. The molecule has 2 aromatic carbocycles. The molecule has 0 radical (unpaired) electrons. The lowest BCUT2D eigenvalue weighted by Gasteiger charge is -2.28. The number of aliphatic carboxylic acids is 1. The Balaban J connectivity index is 1.54. The minimum atomic E-state index is -0.748. The first-order chi connectivity index (χ1) is 14.9. The molecule has 1 fully saturated rings. The minimum Gasteiger partial charge on any atom is -0.481 e. The number of carbonyl (C=O) groups is 2. The van der Waals surface area contributed by atoms with E-state index in [1.54, 1.807) is 12.1 Å². The second-order valence-electron chi connectivity index (χ2n) is 8.22. The van der Waals surface area contributed by atoms with Crippen molar-refractivity contribution >= 4 is 50.3 Å². The van der Waals surface area contributed by atoms with Crippen LogP contribution in [0.25, 0.3) is 10.9 Å². The lowest BCUT2D eigenvalue weighted by atomic mass is 9.84. The number of hydrogen-bond acceptors (Lipinski definition) is 2. The molecule has 1 heterocycles. The maximum Gasteiger partial charge on any atom is 0.303 e. The predicted molar refractivity (Wildman–Crippen MR) is 126 cm³/mol. The first-order valence-corrected chi connectivity index (χ1v) is 11.6. The van der Waals surface area contributed by atoms with Gasteiger partial charge in [-0.25, -0.2) is 0 Å². The van der Waals surface area contributed by atoms with E-state index in [1.807, 2.05) is 24.4 Å². The third-order valence-corrected chi connectivity index (χ3v) is 6.89. The minimum absolute atomic E-state index is 0.0677. The number of rotatable bonds is 6. The van der Waals surface area contributed by atoms with Crippen LogP contribution in [0.3, 0.4) is 0 Å². The summed E-state index contributed by atoms with van der Waals surface area (Å²) < 4.78 is 3.08. The summed E-state index contributed by atoms with van der Waals surface area (Å²) >= 11 is 9.88. The highest BCUT2D eigenvalue weighted by molar-refractivity contribution is 9.10. The molecule has 0 unspecified atom stereocenters. The van der Waals surface area contributed by atoms with Crippen LogP contribution in [0.1, 0.15) is 48.0 Å². The second-order valence-corrected chi connectivity index (χ2v) is 9.54. The Morgan fingerprint density at radius 3 is 2.45 bits per heavy atom. The molecule has 0 saturated heterocycles. The van der Waals surface area contributed by atoms with Crippen LogP contribution in [0.2, 0.25) is 5.02 Å². The zero-order valence-electron chi connectivity index (χ0n) is 17.0. The van der Waals surface area contributed by atoms with Crippen LogP contribution < -0.4 is 5.32 Å². The number of carboxylic acids is 1. The molecule has 2 N–H and O–H groups in total. The van der Waals surface area contributed by atoms with Gasteiger partial charge in [-0.2, -0.15) is 0 Å². The SMILES string of the molecule is O=C(O)CC1CCC(NC(=O)c2ccc(Cl)c3ccn(Cc4ccc(Br)cc4)c23)CC1. The summed E-state index contributed by atoms with van der Waals surface area (Å²) in [5.41, 5.74) is 2.56. The second kappa shape index (κ2) is 9.45. The summed E-state index contributed by atoms with van der Waals surface area (Å²) in [6.07, 6.45) is 5.44. The lowest BCUT2D eigenvalue weighted by Crippen LogP contribution is -2.38. The van der Waals surface area contributed by atoms with Crippen molar-refractivity contribution in [2.75, 3.05) is 0 Å². The highest BCUT2D eigenvalue weighted by Crippen LogP contribution is 2.30. The molecule has 4 rings (SSSR count). The first kappa shape index (κ1) is 21.9. The average Bonchev–Trinajstić information content (AvgIpc) is 3.15. The van der Waals surface area contributed by atoms with Crippen molar-refractivity contribution in [2.24, 2.45) is 5.92 Å². The molecule has 5 nitrogen and oxygen atoms in total. The Morgan fingerprint density at radius 2 is 1.77 bits per heavy atom. The predicted octanol–water partition coefficient (Wildman–Crippen LogP) is 5.87. The van der Waals surface area contributed by atoms with E-state index in [9.17, 15) is 9.59 Å². The Morgan fingerprint density at radius 1 is 1.06 bits per heavy atom.